The molecule has 3 fully saturated rings. The van der Waals surface area contributed by atoms with E-state index in [0.29, 0.717) is 44.9 Å². The SMILES string of the molecule is Cc1cccc(CN2CCS(=O)(=O)[C@@H]3CCN(C(=O)CC4CC4)CC[C@@H]32)n1. The highest BCUT2D eigenvalue weighted by Gasteiger charge is 2.43. The Hall–Kier alpha value is -1.47. The maximum absolute atomic E-state index is 12.7. The van der Waals surface area contributed by atoms with E-state index in [1.165, 1.54) is 0 Å². The fourth-order valence-corrected chi connectivity index (χ4v) is 6.54. The minimum absolute atomic E-state index is 0.0233. The molecule has 0 aromatic carbocycles. The highest BCUT2D eigenvalue weighted by atomic mass is 32.2. The average Bonchev–Trinajstić information content (AvgIpc) is 3.43. The predicted molar refractivity (Wildman–Crippen MR) is 104 cm³/mol. The number of sulfone groups is 1. The van der Waals surface area contributed by atoms with Gasteiger partial charge in [-0.25, -0.2) is 8.42 Å². The third-order valence-electron chi connectivity index (χ3n) is 6.22. The summed E-state index contributed by atoms with van der Waals surface area (Å²) in [6.07, 6.45) is 4.25. The van der Waals surface area contributed by atoms with Crippen LogP contribution in [-0.2, 0) is 21.2 Å². The zero-order valence-electron chi connectivity index (χ0n) is 16.0. The minimum atomic E-state index is -3.10. The molecule has 27 heavy (non-hydrogen) atoms. The van der Waals surface area contributed by atoms with Gasteiger partial charge in [0.1, 0.15) is 0 Å². The third kappa shape index (κ3) is 4.35. The first-order valence-corrected chi connectivity index (χ1v) is 11.8. The number of hydrogen-bond donors (Lipinski definition) is 0. The zero-order chi connectivity index (χ0) is 19.0. The first-order valence-electron chi connectivity index (χ1n) is 10.1. The van der Waals surface area contributed by atoms with Gasteiger partial charge in [-0.05, 0) is 50.7 Å². The molecular formula is C20H29N3O3S. The first-order chi connectivity index (χ1) is 12.9. The maximum atomic E-state index is 12.7. The highest BCUT2D eigenvalue weighted by molar-refractivity contribution is 7.92. The van der Waals surface area contributed by atoms with E-state index in [1.54, 1.807) is 0 Å². The van der Waals surface area contributed by atoms with E-state index < -0.39 is 9.84 Å². The van der Waals surface area contributed by atoms with E-state index >= 15 is 0 Å². The second-order valence-corrected chi connectivity index (χ2v) is 10.7. The standard InChI is InChI=1S/C20H29N3O3S/c1-15-3-2-4-17(21-15)14-23-11-12-27(25,26)19-8-10-22(9-7-18(19)23)20(24)13-16-5-6-16/h2-4,16,18-19H,5-14H2,1H3/t18-,19+/m0/s1. The lowest BCUT2D eigenvalue weighted by Gasteiger charge is -2.39. The molecule has 2 saturated heterocycles. The monoisotopic (exact) mass is 391 g/mol. The summed E-state index contributed by atoms with van der Waals surface area (Å²) in [5.74, 6) is 0.979. The van der Waals surface area contributed by atoms with Crippen LogP contribution >= 0.6 is 0 Å². The van der Waals surface area contributed by atoms with E-state index in [-0.39, 0.29) is 23.0 Å². The van der Waals surface area contributed by atoms with E-state index in [9.17, 15) is 13.2 Å². The number of nitrogens with zero attached hydrogens (tertiary/aromatic N) is 3. The van der Waals surface area contributed by atoms with Gasteiger partial charge in [0, 0.05) is 44.3 Å². The van der Waals surface area contributed by atoms with Gasteiger partial charge < -0.3 is 4.90 Å². The van der Waals surface area contributed by atoms with Gasteiger partial charge in [-0.1, -0.05) is 6.07 Å². The Morgan fingerprint density at radius 1 is 1.15 bits per heavy atom. The number of aromatic nitrogens is 1. The molecule has 3 aliphatic rings. The molecule has 1 aliphatic carbocycles. The fourth-order valence-electron chi connectivity index (χ4n) is 4.50. The number of likely N-dealkylation sites (tertiary alicyclic amines) is 1. The van der Waals surface area contributed by atoms with Crippen LogP contribution in [-0.4, -0.2) is 65.8 Å². The molecule has 7 heteroatoms. The van der Waals surface area contributed by atoms with Crippen LogP contribution in [0.4, 0.5) is 0 Å². The van der Waals surface area contributed by atoms with Crippen LogP contribution in [0.3, 0.4) is 0 Å². The van der Waals surface area contributed by atoms with Gasteiger partial charge in [0.05, 0.1) is 16.7 Å². The van der Waals surface area contributed by atoms with Gasteiger partial charge in [0.15, 0.2) is 9.84 Å². The van der Waals surface area contributed by atoms with Crippen molar-refractivity contribution in [1.82, 2.24) is 14.8 Å². The second kappa shape index (κ2) is 7.51. The van der Waals surface area contributed by atoms with Crippen LogP contribution < -0.4 is 0 Å². The predicted octanol–water partition coefficient (Wildman–Crippen LogP) is 1.78. The molecule has 0 spiro atoms. The number of fused-ring (bicyclic) bond motifs is 1. The molecule has 2 aliphatic heterocycles. The highest BCUT2D eigenvalue weighted by Crippen LogP contribution is 2.34. The molecular weight excluding hydrogens is 362 g/mol. The summed E-state index contributed by atoms with van der Waals surface area (Å²) in [5, 5.41) is -0.366. The quantitative estimate of drug-likeness (QED) is 0.782. The van der Waals surface area contributed by atoms with Crippen molar-refractivity contribution in [2.45, 2.75) is 56.9 Å². The van der Waals surface area contributed by atoms with Crippen LogP contribution in [0, 0.1) is 12.8 Å². The molecule has 0 unspecified atom stereocenters. The van der Waals surface area contributed by atoms with Gasteiger partial charge in [0.2, 0.25) is 5.91 Å². The molecule has 1 amide bonds. The minimum Gasteiger partial charge on any atom is -0.343 e. The average molecular weight is 392 g/mol. The Kier molecular flexibility index (Phi) is 5.25. The number of aryl methyl sites for hydroxylation is 1. The summed E-state index contributed by atoms with van der Waals surface area (Å²) in [7, 11) is -3.10. The summed E-state index contributed by atoms with van der Waals surface area (Å²) in [6, 6.07) is 5.96. The van der Waals surface area contributed by atoms with Crippen molar-refractivity contribution in [2.75, 3.05) is 25.4 Å². The van der Waals surface area contributed by atoms with Gasteiger partial charge in [0.25, 0.3) is 0 Å². The fraction of sp³-hybridized carbons (Fsp3) is 0.700. The van der Waals surface area contributed by atoms with Crippen molar-refractivity contribution in [3.8, 4) is 0 Å². The maximum Gasteiger partial charge on any atom is 0.222 e. The van der Waals surface area contributed by atoms with Crippen molar-refractivity contribution >= 4 is 15.7 Å². The van der Waals surface area contributed by atoms with Gasteiger partial charge in [-0.15, -0.1) is 0 Å². The van der Waals surface area contributed by atoms with E-state index in [4.69, 9.17) is 0 Å². The van der Waals surface area contributed by atoms with Crippen LogP contribution in [0.5, 0.6) is 0 Å². The van der Waals surface area contributed by atoms with E-state index in [0.717, 1.165) is 30.7 Å². The Bertz CT molecular complexity index is 806. The molecule has 0 radical (unpaired) electrons. The molecule has 0 bridgehead atoms. The third-order valence-corrected chi connectivity index (χ3v) is 8.45. The molecule has 3 heterocycles. The Balaban J connectivity index is 1.49. The molecule has 2 atom stereocenters. The molecule has 1 saturated carbocycles. The van der Waals surface area contributed by atoms with E-state index in [2.05, 4.69) is 9.88 Å². The number of rotatable bonds is 4. The van der Waals surface area contributed by atoms with E-state index in [1.807, 2.05) is 30.0 Å². The number of hydrogen-bond acceptors (Lipinski definition) is 5. The van der Waals surface area contributed by atoms with Gasteiger partial charge in [-0.3, -0.25) is 14.7 Å². The normalized spacial score (nSPS) is 28.4. The van der Waals surface area contributed by atoms with Crippen LogP contribution in [0.2, 0.25) is 0 Å². The van der Waals surface area contributed by atoms with Crippen LogP contribution in [0.25, 0.3) is 0 Å². The summed E-state index contributed by atoms with van der Waals surface area (Å²) in [6.45, 7) is 4.44. The lowest BCUT2D eigenvalue weighted by Crippen LogP contribution is -2.54. The summed E-state index contributed by atoms with van der Waals surface area (Å²) >= 11 is 0. The lowest BCUT2D eigenvalue weighted by molar-refractivity contribution is -0.131. The Labute approximate surface area is 161 Å². The first kappa shape index (κ1) is 18.9. The number of pyridine rings is 1. The number of carbonyl (C=O) groups is 1. The molecule has 1 aromatic heterocycles. The lowest BCUT2D eigenvalue weighted by atomic mass is 10.1. The van der Waals surface area contributed by atoms with Gasteiger partial charge >= 0.3 is 0 Å². The smallest absolute Gasteiger partial charge is 0.222 e. The van der Waals surface area contributed by atoms with Crippen molar-refractivity contribution in [1.29, 1.82) is 0 Å². The number of carbonyl (C=O) groups excluding carboxylic acids is 1. The van der Waals surface area contributed by atoms with Crippen LogP contribution in [0.1, 0.15) is 43.5 Å². The van der Waals surface area contributed by atoms with Crippen molar-refractivity contribution in [3.63, 3.8) is 0 Å². The topological polar surface area (TPSA) is 70.6 Å². The molecule has 4 rings (SSSR count). The van der Waals surface area contributed by atoms with Gasteiger partial charge in [-0.2, -0.15) is 0 Å². The van der Waals surface area contributed by atoms with Crippen molar-refractivity contribution in [2.24, 2.45) is 5.92 Å². The Morgan fingerprint density at radius 3 is 2.67 bits per heavy atom. The zero-order valence-corrected chi connectivity index (χ0v) is 16.8. The largest absolute Gasteiger partial charge is 0.343 e. The molecule has 6 nitrogen and oxygen atoms in total. The Morgan fingerprint density at radius 2 is 1.93 bits per heavy atom. The summed E-state index contributed by atoms with van der Waals surface area (Å²) in [4.78, 5) is 21.3. The molecule has 0 N–H and O–H groups in total. The van der Waals surface area contributed by atoms with Crippen molar-refractivity contribution < 1.29 is 13.2 Å². The summed E-state index contributed by atoms with van der Waals surface area (Å²) < 4.78 is 25.5. The van der Waals surface area contributed by atoms with Crippen LogP contribution in [0.15, 0.2) is 18.2 Å². The number of amides is 1. The molecule has 148 valence electrons. The molecule has 1 aromatic rings. The summed E-state index contributed by atoms with van der Waals surface area (Å²) in [5.41, 5.74) is 1.96. The van der Waals surface area contributed by atoms with Crippen molar-refractivity contribution in [3.05, 3.63) is 29.6 Å². The second-order valence-electron chi connectivity index (χ2n) is 8.32.